The first kappa shape index (κ1) is 9.28. The summed E-state index contributed by atoms with van der Waals surface area (Å²) >= 11 is 0. The van der Waals surface area contributed by atoms with Crippen LogP contribution in [0.3, 0.4) is 0 Å². The Morgan fingerprint density at radius 2 is 2.14 bits per heavy atom. The molecule has 1 unspecified atom stereocenters. The molecular weight excluding hydrogens is 174 g/mol. The maximum absolute atomic E-state index is 5.70. The van der Waals surface area contributed by atoms with E-state index < -0.39 is 0 Å². The Morgan fingerprint density at radius 3 is 2.86 bits per heavy atom. The number of para-hydroxylation sites is 1. The highest BCUT2D eigenvalue weighted by Crippen LogP contribution is 2.19. The molecule has 0 aliphatic carbocycles. The van der Waals surface area contributed by atoms with Gasteiger partial charge >= 0.3 is 0 Å². The summed E-state index contributed by atoms with van der Waals surface area (Å²) in [7, 11) is 1.97. The smallest absolute Gasteiger partial charge is 0.134 e. The van der Waals surface area contributed by atoms with Crippen LogP contribution in [0.25, 0.3) is 11.0 Å². The van der Waals surface area contributed by atoms with E-state index in [4.69, 9.17) is 4.42 Å². The van der Waals surface area contributed by atoms with Crippen LogP contribution in [0.4, 0.5) is 0 Å². The molecule has 1 atom stereocenters. The number of hydrogen-bond acceptors (Lipinski definition) is 2. The maximum Gasteiger partial charge on any atom is 0.134 e. The van der Waals surface area contributed by atoms with Crippen molar-refractivity contribution in [2.24, 2.45) is 0 Å². The van der Waals surface area contributed by atoms with Gasteiger partial charge in [0.25, 0.3) is 0 Å². The van der Waals surface area contributed by atoms with E-state index in [9.17, 15) is 0 Å². The van der Waals surface area contributed by atoms with Crippen molar-refractivity contribution in [1.82, 2.24) is 5.32 Å². The number of fused-ring (bicyclic) bond motifs is 1. The van der Waals surface area contributed by atoms with E-state index in [1.54, 1.807) is 0 Å². The minimum Gasteiger partial charge on any atom is -0.461 e. The molecule has 2 aromatic rings. The second-order valence-corrected chi connectivity index (χ2v) is 3.64. The highest BCUT2D eigenvalue weighted by molar-refractivity contribution is 5.77. The molecule has 1 heterocycles. The lowest BCUT2D eigenvalue weighted by Crippen LogP contribution is -2.23. The van der Waals surface area contributed by atoms with Crippen LogP contribution in [0.1, 0.15) is 12.7 Å². The normalized spacial score (nSPS) is 13.3. The molecule has 1 aromatic carbocycles. The van der Waals surface area contributed by atoms with Gasteiger partial charge in [0.15, 0.2) is 0 Å². The predicted octanol–water partition coefficient (Wildman–Crippen LogP) is 2.58. The van der Waals surface area contributed by atoms with Gasteiger partial charge in [0.1, 0.15) is 11.3 Å². The molecule has 0 bridgehead atoms. The van der Waals surface area contributed by atoms with Crippen LogP contribution in [0, 0.1) is 0 Å². The Kier molecular flexibility index (Phi) is 2.55. The van der Waals surface area contributed by atoms with Crippen molar-refractivity contribution in [3.8, 4) is 0 Å². The van der Waals surface area contributed by atoms with Gasteiger partial charge in [-0.2, -0.15) is 0 Å². The van der Waals surface area contributed by atoms with E-state index in [2.05, 4.69) is 24.4 Å². The van der Waals surface area contributed by atoms with Crippen molar-refractivity contribution >= 4 is 11.0 Å². The summed E-state index contributed by atoms with van der Waals surface area (Å²) in [6.07, 6.45) is 0.936. The zero-order valence-electron chi connectivity index (χ0n) is 8.58. The summed E-state index contributed by atoms with van der Waals surface area (Å²) in [5.41, 5.74) is 0.978. The van der Waals surface area contributed by atoms with E-state index in [-0.39, 0.29) is 0 Å². The Balaban J connectivity index is 2.27. The van der Waals surface area contributed by atoms with E-state index >= 15 is 0 Å². The number of hydrogen-bond donors (Lipinski definition) is 1. The number of rotatable bonds is 3. The van der Waals surface area contributed by atoms with Crippen LogP contribution in [0.15, 0.2) is 34.7 Å². The van der Waals surface area contributed by atoms with Gasteiger partial charge in [0.2, 0.25) is 0 Å². The Hall–Kier alpha value is -1.28. The lowest BCUT2D eigenvalue weighted by molar-refractivity contribution is 0.497. The monoisotopic (exact) mass is 189 g/mol. The molecule has 0 saturated heterocycles. The highest BCUT2D eigenvalue weighted by Gasteiger charge is 2.06. The van der Waals surface area contributed by atoms with Gasteiger partial charge in [-0.25, -0.2) is 0 Å². The summed E-state index contributed by atoms with van der Waals surface area (Å²) in [5, 5.41) is 4.38. The van der Waals surface area contributed by atoms with Gasteiger partial charge in [-0.1, -0.05) is 18.2 Å². The van der Waals surface area contributed by atoms with Crippen molar-refractivity contribution < 1.29 is 4.42 Å². The molecule has 0 aliphatic rings. The zero-order chi connectivity index (χ0) is 9.97. The van der Waals surface area contributed by atoms with Crippen molar-refractivity contribution in [2.75, 3.05) is 7.05 Å². The van der Waals surface area contributed by atoms with Crippen molar-refractivity contribution in [2.45, 2.75) is 19.4 Å². The first-order valence-corrected chi connectivity index (χ1v) is 4.94. The maximum atomic E-state index is 5.70. The molecular formula is C12H15NO. The number of benzene rings is 1. The van der Waals surface area contributed by atoms with Crippen molar-refractivity contribution in [3.05, 3.63) is 36.1 Å². The molecule has 0 spiro atoms. The lowest BCUT2D eigenvalue weighted by Gasteiger charge is -2.06. The average Bonchev–Trinajstić information content (AvgIpc) is 2.59. The molecule has 0 radical (unpaired) electrons. The third-order valence-electron chi connectivity index (χ3n) is 2.48. The van der Waals surface area contributed by atoms with Crippen LogP contribution in [-0.2, 0) is 6.42 Å². The quantitative estimate of drug-likeness (QED) is 0.802. The van der Waals surface area contributed by atoms with E-state index in [1.807, 2.05) is 25.2 Å². The minimum absolute atomic E-state index is 0.454. The first-order valence-electron chi connectivity index (χ1n) is 4.94. The second-order valence-electron chi connectivity index (χ2n) is 3.64. The number of likely N-dealkylation sites (N-methyl/N-ethyl adjacent to an activating group) is 1. The molecule has 14 heavy (non-hydrogen) atoms. The van der Waals surface area contributed by atoms with E-state index in [0.717, 1.165) is 17.8 Å². The lowest BCUT2D eigenvalue weighted by atomic mass is 10.2. The van der Waals surface area contributed by atoms with Gasteiger partial charge in [-0.15, -0.1) is 0 Å². The molecule has 2 nitrogen and oxygen atoms in total. The van der Waals surface area contributed by atoms with E-state index in [0.29, 0.717) is 6.04 Å². The summed E-state index contributed by atoms with van der Waals surface area (Å²) in [4.78, 5) is 0. The van der Waals surface area contributed by atoms with Crippen molar-refractivity contribution in [1.29, 1.82) is 0 Å². The second kappa shape index (κ2) is 3.84. The summed E-state index contributed by atoms with van der Waals surface area (Å²) in [5.74, 6) is 1.05. The van der Waals surface area contributed by atoms with Gasteiger partial charge < -0.3 is 9.73 Å². The first-order chi connectivity index (χ1) is 6.79. The van der Waals surface area contributed by atoms with Crippen LogP contribution < -0.4 is 5.32 Å². The van der Waals surface area contributed by atoms with E-state index in [1.165, 1.54) is 5.39 Å². The zero-order valence-corrected chi connectivity index (χ0v) is 8.58. The minimum atomic E-state index is 0.454. The SMILES string of the molecule is CNC(C)Cc1cc2ccccc2o1. The van der Waals surface area contributed by atoms with Gasteiger partial charge in [-0.3, -0.25) is 0 Å². The molecule has 2 heteroatoms. The summed E-state index contributed by atoms with van der Waals surface area (Å²) < 4.78 is 5.70. The predicted molar refractivity (Wildman–Crippen MR) is 58.4 cm³/mol. The fourth-order valence-corrected chi connectivity index (χ4v) is 1.54. The molecule has 0 saturated carbocycles. The highest BCUT2D eigenvalue weighted by atomic mass is 16.3. The molecule has 0 fully saturated rings. The molecule has 0 aliphatic heterocycles. The fourth-order valence-electron chi connectivity index (χ4n) is 1.54. The Morgan fingerprint density at radius 1 is 1.36 bits per heavy atom. The Labute approximate surface area is 83.9 Å². The van der Waals surface area contributed by atoms with Crippen LogP contribution in [0.2, 0.25) is 0 Å². The van der Waals surface area contributed by atoms with Crippen LogP contribution >= 0.6 is 0 Å². The van der Waals surface area contributed by atoms with Crippen molar-refractivity contribution in [3.63, 3.8) is 0 Å². The standard InChI is InChI=1S/C12H15NO/c1-9(13-2)7-11-8-10-5-3-4-6-12(10)14-11/h3-6,8-9,13H,7H2,1-2H3. The van der Waals surface area contributed by atoms with Gasteiger partial charge in [0, 0.05) is 17.8 Å². The third-order valence-corrected chi connectivity index (χ3v) is 2.48. The number of furan rings is 1. The number of nitrogens with one attached hydrogen (secondary N) is 1. The fraction of sp³-hybridized carbons (Fsp3) is 0.333. The molecule has 1 aromatic heterocycles. The molecule has 2 rings (SSSR count). The van der Waals surface area contributed by atoms with Crippen LogP contribution in [0.5, 0.6) is 0 Å². The summed E-state index contributed by atoms with van der Waals surface area (Å²) in [6.45, 7) is 2.15. The van der Waals surface area contributed by atoms with Gasteiger partial charge in [0.05, 0.1) is 0 Å². The average molecular weight is 189 g/mol. The molecule has 74 valence electrons. The third kappa shape index (κ3) is 1.80. The molecule has 1 N–H and O–H groups in total. The summed E-state index contributed by atoms with van der Waals surface area (Å²) in [6, 6.07) is 10.7. The molecule has 0 amide bonds. The topological polar surface area (TPSA) is 25.2 Å². The van der Waals surface area contributed by atoms with Crippen LogP contribution in [-0.4, -0.2) is 13.1 Å². The van der Waals surface area contributed by atoms with Gasteiger partial charge in [-0.05, 0) is 26.1 Å². The Bertz CT molecular complexity index is 386. The largest absolute Gasteiger partial charge is 0.461 e.